The van der Waals surface area contributed by atoms with Gasteiger partial charge in [0.05, 0.1) is 12.8 Å². The predicted octanol–water partition coefficient (Wildman–Crippen LogP) is 2.22. The van der Waals surface area contributed by atoms with Gasteiger partial charge >= 0.3 is 0 Å². The van der Waals surface area contributed by atoms with Crippen LogP contribution in [0.5, 0.6) is 5.75 Å². The van der Waals surface area contributed by atoms with Crippen LogP contribution in [0.25, 0.3) is 0 Å². The molecule has 0 atom stereocenters. The molecule has 1 aliphatic heterocycles. The van der Waals surface area contributed by atoms with E-state index in [0.717, 1.165) is 36.4 Å². The summed E-state index contributed by atoms with van der Waals surface area (Å²) in [5.74, 6) is 0.649. The lowest BCUT2D eigenvalue weighted by atomic mass is 10.0. The van der Waals surface area contributed by atoms with E-state index >= 15 is 0 Å². The smallest absolute Gasteiger partial charge is 0.142 e. The first-order valence-electron chi connectivity index (χ1n) is 4.80. The van der Waals surface area contributed by atoms with Gasteiger partial charge in [0, 0.05) is 19.2 Å². The van der Waals surface area contributed by atoms with Gasteiger partial charge in [-0.25, -0.2) is 4.39 Å². The Morgan fingerprint density at radius 1 is 1.43 bits per heavy atom. The van der Waals surface area contributed by atoms with Crippen LogP contribution < -0.4 is 9.64 Å². The van der Waals surface area contributed by atoms with Crippen molar-refractivity contribution < 1.29 is 9.13 Å². The lowest BCUT2D eigenvalue weighted by molar-refractivity contribution is 0.411. The van der Waals surface area contributed by atoms with Crippen molar-refractivity contribution in [3.05, 3.63) is 23.5 Å². The van der Waals surface area contributed by atoms with Gasteiger partial charge < -0.3 is 9.64 Å². The number of hydrogen-bond donors (Lipinski definition) is 0. The second-order valence-electron chi connectivity index (χ2n) is 3.60. The molecule has 0 amide bonds. The van der Waals surface area contributed by atoms with E-state index in [1.165, 1.54) is 6.07 Å². The molecule has 0 saturated heterocycles. The maximum absolute atomic E-state index is 13.5. The lowest BCUT2D eigenvalue weighted by Gasteiger charge is -2.29. The maximum atomic E-state index is 13.5. The molecule has 0 aromatic heterocycles. The molecule has 1 aromatic carbocycles. The zero-order valence-electron chi connectivity index (χ0n) is 8.51. The van der Waals surface area contributed by atoms with E-state index in [1.54, 1.807) is 13.2 Å². The number of hydrogen-bond acceptors (Lipinski definition) is 2. The number of fused-ring (bicyclic) bond motifs is 1. The molecule has 0 aliphatic carbocycles. The molecule has 1 heterocycles. The number of benzene rings is 1. The molecule has 3 heteroatoms. The third-order valence-electron chi connectivity index (χ3n) is 2.71. The number of nitrogens with zero attached hydrogens (tertiary/aromatic N) is 1. The molecule has 2 nitrogen and oxygen atoms in total. The zero-order chi connectivity index (χ0) is 10.1. The van der Waals surface area contributed by atoms with Gasteiger partial charge in [0.1, 0.15) is 11.6 Å². The molecule has 14 heavy (non-hydrogen) atoms. The van der Waals surface area contributed by atoms with Gasteiger partial charge in [-0.15, -0.1) is 0 Å². The second kappa shape index (κ2) is 3.48. The van der Waals surface area contributed by atoms with E-state index in [4.69, 9.17) is 4.74 Å². The van der Waals surface area contributed by atoms with Crippen molar-refractivity contribution in [3.8, 4) is 5.75 Å². The highest BCUT2D eigenvalue weighted by Crippen LogP contribution is 2.36. The van der Waals surface area contributed by atoms with E-state index in [9.17, 15) is 4.39 Å². The molecule has 76 valence electrons. The van der Waals surface area contributed by atoms with Gasteiger partial charge in [0.2, 0.25) is 0 Å². The number of rotatable bonds is 1. The van der Waals surface area contributed by atoms with Gasteiger partial charge in [-0.1, -0.05) is 0 Å². The van der Waals surface area contributed by atoms with Gasteiger partial charge in [0.25, 0.3) is 0 Å². The van der Waals surface area contributed by atoms with Crippen LogP contribution in [0.2, 0.25) is 0 Å². The fraction of sp³-hybridized carbons (Fsp3) is 0.455. The number of ether oxygens (including phenoxy) is 1. The molecule has 0 unspecified atom stereocenters. The van der Waals surface area contributed by atoms with E-state index in [1.807, 2.05) is 7.05 Å². The van der Waals surface area contributed by atoms with Crippen molar-refractivity contribution in [2.75, 3.05) is 25.6 Å². The Balaban J connectivity index is 2.58. The highest BCUT2D eigenvalue weighted by molar-refractivity contribution is 5.65. The second-order valence-corrected chi connectivity index (χ2v) is 3.60. The normalized spacial score (nSPS) is 15.2. The van der Waals surface area contributed by atoms with E-state index in [0.29, 0.717) is 0 Å². The summed E-state index contributed by atoms with van der Waals surface area (Å²) >= 11 is 0. The number of anilines is 1. The Morgan fingerprint density at radius 3 is 2.93 bits per heavy atom. The van der Waals surface area contributed by atoms with E-state index in [-0.39, 0.29) is 5.82 Å². The fourth-order valence-corrected chi connectivity index (χ4v) is 2.02. The molecule has 0 bridgehead atoms. The summed E-state index contributed by atoms with van der Waals surface area (Å²) in [5.41, 5.74) is 1.71. The van der Waals surface area contributed by atoms with Gasteiger partial charge in [0.15, 0.2) is 0 Å². The Bertz CT molecular complexity index is 351. The van der Waals surface area contributed by atoms with Gasteiger partial charge in [-0.05, 0) is 25.0 Å². The first kappa shape index (κ1) is 9.31. The Labute approximate surface area is 83.3 Å². The van der Waals surface area contributed by atoms with E-state index in [2.05, 4.69) is 4.90 Å². The first-order valence-corrected chi connectivity index (χ1v) is 4.80. The largest absolute Gasteiger partial charge is 0.495 e. The maximum Gasteiger partial charge on any atom is 0.142 e. The first-order chi connectivity index (χ1) is 6.74. The molecular formula is C11H14FNO. The van der Waals surface area contributed by atoms with Crippen molar-refractivity contribution in [1.82, 2.24) is 0 Å². The van der Waals surface area contributed by atoms with Crippen LogP contribution in [0.4, 0.5) is 10.1 Å². The van der Waals surface area contributed by atoms with Crippen molar-refractivity contribution in [1.29, 1.82) is 0 Å². The Kier molecular flexibility index (Phi) is 2.32. The number of halogens is 1. The summed E-state index contributed by atoms with van der Waals surface area (Å²) in [6.07, 6.45) is 1.82. The summed E-state index contributed by atoms with van der Waals surface area (Å²) in [5, 5.41) is 0. The molecule has 1 aromatic rings. The summed E-state index contributed by atoms with van der Waals surface area (Å²) < 4.78 is 18.7. The van der Waals surface area contributed by atoms with Crippen LogP contribution in [0, 0.1) is 5.82 Å². The van der Waals surface area contributed by atoms with E-state index < -0.39 is 0 Å². The van der Waals surface area contributed by atoms with Crippen LogP contribution in [-0.4, -0.2) is 20.7 Å². The monoisotopic (exact) mass is 195 g/mol. The SMILES string of the molecule is COc1ccc(F)c2c1N(C)CCC2. The van der Waals surface area contributed by atoms with Crippen LogP contribution >= 0.6 is 0 Å². The standard InChI is InChI=1S/C11H14FNO/c1-13-7-3-4-8-9(12)5-6-10(14-2)11(8)13/h5-6H,3-4,7H2,1-2H3. The quantitative estimate of drug-likeness (QED) is 0.681. The summed E-state index contributed by atoms with van der Waals surface area (Å²) in [4.78, 5) is 2.06. The Morgan fingerprint density at radius 2 is 2.21 bits per heavy atom. The summed E-state index contributed by atoms with van der Waals surface area (Å²) in [7, 11) is 3.59. The highest BCUT2D eigenvalue weighted by atomic mass is 19.1. The van der Waals surface area contributed by atoms with Gasteiger partial charge in [-0.2, -0.15) is 0 Å². The third-order valence-corrected chi connectivity index (χ3v) is 2.71. The minimum absolute atomic E-state index is 0.118. The number of methoxy groups -OCH3 is 1. The van der Waals surface area contributed by atoms with Crippen LogP contribution in [-0.2, 0) is 6.42 Å². The minimum atomic E-state index is -0.118. The summed E-state index contributed by atoms with van der Waals surface area (Å²) in [6, 6.07) is 3.17. The average molecular weight is 195 g/mol. The topological polar surface area (TPSA) is 12.5 Å². The summed E-state index contributed by atoms with van der Waals surface area (Å²) in [6.45, 7) is 0.965. The molecule has 0 fully saturated rings. The average Bonchev–Trinajstić information content (AvgIpc) is 2.20. The lowest BCUT2D eigenvalue weighted by Crippen LogP contribution is -2.26. The highest BCUT2D eigenvalue weighted by Gasteiger charge is 2.21. The molecule has 0 saturated carbocycles. The molecule has 1 aliphatic rings. The van der Waals surface area contributed by atoms with Crippen LogP contribution in [0.3, 0.4) is 0 Å². The molecule has 2 rings (SSSR count). The van der Waals surface area contributed by atoms with Crippen LogP contribution in [0.1, 0.15) is 12.0 Å². The molecular weight excluding hydrogens is 181 g/mol. The predicted molar refractivity (Wildman–Crippen MR) is 54.5 cm³/mol. The minimum Gasteiger partial charge on any atom is -0.495 e. The van der Waals surface area contributed by atoms with Crippen molar-refractivity contribution in [2.24, 2.45) is 0 Å². The zero-order valence-corrected chi connectivity index (χ0v) is 8.51. The van der Waals surface area contributed by atoms with Crippen molar-refractivity contribution in [3.63, 3.8) is 0 Å². The Hall–Kier alpha value is -1.25. The fourth-order valence-electron chi connectivity index (χ4n) is 2.02. The van der Waals surface area contributed by atoms with Crippen LogP contribution in [0.15, 0.2) is 12.1 Å². The molecule has 0 N–H and O–H groups in total. The third kappa shape index (κ3) is 1.33. The molecule has 0 spiro atoms. The van der Waals surface area contributed by atoms with Crippen molar-refractivity contribution in [2.45, 2.75) is 12.8 Å². The van der Waals surface area contributed by atoms with Gasteiger partial charge in [-0.3, -0.25) is 0 Å². The molecule has 0 radical (unpaired) electrons. The van der Waals surface area contributed by atoms with Crippen molar-refractivity contribution >= 4 is 5.69 Å².